The van der Waals surface area contributed by atoms with Crippen LogP contribution in [0.3, 0.4) is 0 Å². The molecule has 1 aromatic rings. The van der Waals surface area contributed by atoms with Crippen molar-refractivity contribution in [1.29, 1.82) is 0 Å². The Morgan fingerprint density at radius 1 is 1.38 bits per heavy atom. The Morgan fingerprint density at radius 2 is 2.08 bits per heavy atom. The van der Waals surface area contributed by atoms with Crippen LogP contribution < -0.4 is 5.32 Å². The summed E-state index contributed by atoms with van der Waals surface area (Å²) in [5.41, 5.74) is 3.42. The van der Waals surface area contributed by atoms with E-state index in [0.717, 1.165) is 29.5 Å². The van der Waals surface area contributed by atoms with E-state index in [9.17, 15) is 13.2 Å². The first-order chi connectivity index (χ1) is 11.2. The third-order valence-electron chi connectivity index (χ3n) is 4.77. The molecule has 0 saturated carbocycles. The van der Waals surface area contributed by atoms with Crippen LogP contribution in [-0.2, 0) is 14.8 Å². The van der Waals surface area contributed by atoms with Crippen LogP contribution in [0.4, 0.5) is 0 Å². The van der Waals surface area contributed by atoms with Gasteiger partial charge in [-0.25, -0.2) is 12.7 Å². The van der Waals surface area contributed by atoms with Crippen molar-refractivity contribution in [2.75, 3.05) is 18.8 Å². The van der Waals surface area contributed by atoms with Crippen molar-refractivity contribution < 1.29 is 13.2 Å². The monoisotopic (exact) mass is 352 g/mol. The van der Waals surface area contributed by atoms with Gasteiger partial charge in [0.2, 0.25) is 15.9 Å². The molecule has 2 atom stereocenters. The van der Waals surface area contributed by atoms with Crippen LogP contribution in [0.2, 0.25) is 0 Å². The Kier molecular flexibility index (Phi) is 6.04. The summed E-state index contributed by atoms with van der Waals surface area (Å²) in [4.78, 5) is 12.6. The molecule has 1 fully saturated rings. The van der Waals surface area contributed by atoms with E-state index in [-0.39, 0.29) is 23.6 Å². The van der Waals surface area contributed by atoms with E-state index in [1.165, 1.54) is 4.31 Å². The van der Waals surface area contributed by atoms with Crippen LogP contribution in [0, 0.1) is 19.8 Å². The van der Waals surface area contributed by atoms with Crippen LogP contribution in [0.25, 0.3) is 0 Å². The van der Waals surface area contributed by atoms with Crippen molar-refractivity contribution in [2.45, 2.75) is 46.6 Å². The fourth-order valence-electron chi connectivity index (χ4n) is 3.23. The largest absolute Gasteiger partial charge is 0.349 e. The molecule has 0 unspecified atom stereocenters. The minimum Gasteiger partial charge on any atom is -0.349 e. The highest BCUT2D eigenvalue weighted by molar-refractivity contribution is 7.89. The summed E-state index contributed by atoms with van der Waals surface area (Å²) in [5, 5.41) is 3.06. The van der Waals surface area contributed by atoms with E-state index in [1.807, 2.05) is 20.8 Å². The summed E-state index contributed by atoms with van der Waals surface area (Å²) in [5.74, 6) is -0.243. The zero-order chi connectivity index (χ0) is 17.9. The average Bonchev–Trinajstić information content (AvgIpc) is 2.57. The number of nitrogens with one attached hydrogen (secondary N) is 1. The number of aryl methyl sites for hydroxylation is 2. The fourth-order valence-corrected chi connectivity index (χ4v) is 4.41. The molecule has 1 aromatic carbocycles. The minimum atomic E-state index is -3.23. The van der Waals surface area contributed by atoms with Crippen molar-refractivity contribution in [3.05, 3.63) is 34.9 Å². The standard InChI is InChI=1S/C18H28N2O3S/c1-5-24(22,23)20-10-6-7-16(12-20)18(21)19-15(4)17-11-13(2)8-9-14(17)3/h8-9,11,15-16H,5-7,10,12H2,1-4H3,(H,19,21)/t15-,16-/m1/s1. The summed E-state index contributed by atoms with van der Waals surface area (Å²) >= 11 is 0. The van der Waals surface area contributed by atoms with E-state index in [4.69, 9.17) is 0 Å². The highest BCUT2D eigenvalue weighted by Gasteiger charge is 2.31. The molecule has 0 aliphatic carbocycles. The Morgan fingerprint density at radius 3 is 2.75 bits per heavy atom. The molecule has 1 saturated heterocycles. The molecule has 1 N–H and O–H groups in total. The number of hydrogen-bond donors (Lipinski definition) is 1. The van der Waals surface area contributed by atoms with Crippen molar-refractivity contribution in [2.24, 2.45) is 5.92 Å². The summed E-state index contributed by atoms with van der Waals surface area (Å²) in [7, 11) is -3.23. The number of amides is 1. The molecule has 24 heavy (non-hydrogen) atoms. The average molecular weight is 353 g/mol. The van der Waals surface area contributed by atoms with E-state index < -0.39 is 10.0 Å². The third kappa shape index (κ3) is 4.36. The fraction of sp³-hybridized carbons (Fsp3) is 0.611. The van der Waals surface area contributed by atoms with Crippen LogP contribution >= 0.6 is 0 Å². The molecule has 0 radical (unpaired) electrons. The van der Waals surface area contributed by atoms with Gasteiger partial charge in [0.25, 0.3) is 0 Å². The lowest BCUT2D eigenvalue weighted by atomic mass is 9.96. The number of hydrogen-bond acceptors (Lipinski definition) is 3. The van der Waals surface area contributed by atoms with Gasteiger partial charge in [-0.2, -0.15) is 0 Å². The molecule has 1 amide bonds. The number of benzene rings is 1. The second kappa shape index (κ2) is 7.66. The topological polar surface area (TPSA) is 66.5 Å². The van der Waals surface area contributed by atoms with E-state index in [1.54, 1.807) is 6.92 Å². The zero-order valence-electron chi connectivity index (χ0n) is 15.0. The zero-order valence-corrected chi connectivity index (χ0v) is 15.8. The first-order valence-electron chi connectivity index (χ1n) is 8.60. The molecular weight excluding hydrogens is 324 g/mol. The smallest absolute Gasteiger partial charge is 0.224 e. The third-order valence-corrected chi connectivity index (χ3v) is 6.62. The second-order valence-electron chi connectivity index (χ2n) is 6.69. The Balaban J connectivity index is 2.05. The first kappa shape index (κ1) is 18.9. The predicted octanol–water partition coefficient (Wildman–Crippen LogP) is 2.54. The van der Waals surface area contributed by atoms with Gasteiger partial charge in [0.05, 0.1) is 17.7 Å². The molecular formula is C18H28N2O3S. The van der Waals surface area contributed by atoms with Crippen LogP contribution in [-0.4, -0.2) is 37.5 Å². The van der Waals surface area contributed by atoms with Crippen molar-refractivity contribution in [3.63, 3.8) is 0 Å². The molecule has 0 aromatic heterocycles. The number of carbonyl (C=O) groups is 1. The van der Waals surface area contributed by atoms with Gasteiger partial charge in [-0.05, 0) is 51.7 Å². The maximum Gasteiger partial charge on any atom is 0.224 e. The molecule has 0 spiro atoms. The summed E-state index contributed by atoms with van der Waals surface area (Å²) in [6.07, 6.45) is 1.47. The Bertz CT molecular complexity index is 700. The number of piperidine rings is 1. The van der Waals surface area contributed by atoms with Gasteiger partial charge in [-0.3, -0.25) is 4.79 Å². The van der Waals surface area contributed by atoms with Gasteiger partial charge in [-0.15, -0.1) is 0 Å². The molecule has 0 bridgehead atoms. The number of sulfonamides is 1. The van der Waals surface area contributed by atoms with E-state index in [2.05, 4.69) is 23.5 Å². The number of nitrogens with zero attached hydrogens (tertiary/aromatic N) is 1. The molecule has 6 heteroatoms. The molecule has 1 aliphatic rings. The molecule has 1 heterocycles. The van der Waals surface area contributed by atoms with Crippen molar-refractivity contribution in [3.8, 4) is 0 Å². The summed E-state index contributed by atoms with van der Waals surface area (Å²) in [6, 6.07) is 6.12. The highest BCUT2D eigenvalue weighted by Crippen LogP contribution is 2.23. The van der Waals surface area contributed by atoms with Gasteiger partial charge in [0, 0.05) is 13.1 Å². The van der Waals surface area contributed by atoms with E-state index in [0.29, 0.717) is 13.1 Å². The lowest BCUT2D eigenvalue weighted by molar-refractivity contribution is -0.126. The van der Waals surface area contributed by atoms with Crippen LogP contribution in [0.1, 0.15) is 49.4 Å². The molecule has 5 nitrogen and oxygen atoms in total. The van der Waals surface area contributed by atoms with Gasteiger partial charge in [0.15, 0.2) is 0 Å². The van der Waals surface area contributed by atoms with Crippen molar-refractivity contribution in [1.82, 2.24) is 9.62 Å². The van der Waals surface area contributed by atoms with Gasteiger partial charge in [-0.1, -0.05) is 23.8 Å². The van der Waals surface area contributed by atoms with Gasteiger partial charge < -0.3 is 5.32 Å². The van der Waals surface area contributed by atoms with Gasteiger partial charge >= 0.3 is 0 Å². The lowest BCUT2D eigenvalue weighted by Gasteiger charge is -2.31. The van der Waals surface area contributed by atoms with Crippen LogP contribution in [0.5, 0.6) is 0 Å². The lowest BCUT2D eigenvalue weighted by Crippen LogP contribution is -2.46. The summed E-state index contributed by atoms with van der Waals surface area (Å²) < 4.78 is 25.5. The highest BCUT2D eigenvalue weighted by atomic mass is 32.2. The molecule has 1 aliphatic heterocycles. The predicted molar refractivity (Wildman–Crippen MR) is 96.2 cm³/mol. The quantitative estimate of drug-likeness (QED) is 0.885. The second-order valence-corrected chi connectivity index (χ2v) is 8.95. The SMILES string of the molecule is CCS(=O)(=O)N1CCC[C@@H](C(=O)N[C@H](C)c2cc(C)ccc2C)C1. The maximum atomic E-state index is 12.6. The Hall–Kier alpha value is -1.40. The first-order valence-corrected chi connectivity index (χ1v) is 10.2. The minimum absolute atomic E-state index is 0.0561. The Labute approximate surface area is 145 Å². The molecule has 2 rings (SSSR count). The number of carbonyl (C=O) groups excluding carboxylic acids is 1. The summed E-state index contributed by atoms with van der Waals surface area (Å²) in [6.45, 7) is 8.50. The normalized spacial score (nSPS) is 20.6. The van der Waals surface area contributed by atoms with Gasteiger partial charge in [0.1, 0.15) is 0 Å². The number of rotatable bonds is 5. The van der Waals surface area contributed by atoms with Crippen LogP contribution in [0.15, 0.2) is 18.2 Å². The maximum absolute atomic E-state index is 12.6. The van der Waals surface area contributed by atoms with E-state index >= 15 is 0 Å². The molecule has 134 valence electrons. The van der Waals surface area contributed by atoms with Crippen molar-refractivity contribution >= 4 is 15.9 Å².